The molecule has 0 saturated heterocycles. The van der Waals surface area contributed by atoms with Gasteiger partial charge in [-0.3, -0.25) is 0 Å². The number of aryl methyl sites for hydroxylation is 1. The molecule has 1 aromatic carbocycles. The molecule has 108 valence electrons. The molecule has 4 nitrogen and oxygen atoms in total. The number of nitriles is 1. The van der Waals surface area contributed by atoms with Gasteiger partial charge in [0.05, 0.1) is 5.56 Å². The zero-order valence-corrected chi connectivity index (χ0v) is 12.8. The van der Waals surface area contributed by atoms with Gasteiger partial charge in [0.1, 0.15) is 17.5 Å². The molecule has 2 N–H and O–H groups in total. The molecular weight excluding hydrogens is 262 g/mol. The number of anilines is 1. The first-order chi connectivity index (χ1) is 9.82. The van der Waals surface area contributed by atoms with Crippen LogP contribution in [-0.2, 0) is 5.41 Å². The summed E-state index contributed by atoms with van der Waals surface area (Å²) in [5.74, 6) is 0.956. The number of benzene rings is 1. The fourth-order valence-electron chi connectivity index (χ4n) is 1.97. The Hall–Kier alpha value is -2.54. The molecule has 0 amide bonds. The van der Waals surface area contributed by atoms with Gasteiger partial charge in [-0.15, -0.1) is 0 Å². The predicted molar refractivity (Wildman–Crippen MR) is 83.3 cm³/mol. The summed E-state index contributed by atoms with van der Waals surface area (Å²) in [7, 11) is 0. The van der Waals surface area contributed by atoms with E-state index in [0.717, 1.165) is 5.56 Å². The van der Waals surface area contributed by atoms with Crippen LogP contribution in [0.3, 0.4) is 0 Å². The Morgan fingerprint density at radius 1 is 1.24 bits per heavy atom. The van der Waals surface area contributed by atoms with Crippen LogP contribution in [0.5, 0.6) is 11.6 Å². The highest BCUT2D eigenvalue weighted by atomic mass is 16.5. The van der Waals surface area contributed by atoms with Crippen LogP contribution in [-0.4, -0.2) is 4.98 Å². The molecule has 0 aliphatic rings. The second kappa shape index (κ2) is 5.45. The highest BCUT2D eigenvalue weighted by molar-refractivity contribution is 5.61. The van der Waals surface area contributed by atoms with Crippen LogP contribution in [0.4, 0.5) is 5.69 Å². The Kier molecular flexibility index (Phi) is 3.86. The van der Waals surface area contributed by atoms with Gasteiger partial charge in [-0.1, -0.05) is 32.9 Å². The van der Waals surface area contributed by atoms with Gasteiger partial charge in [0.25, 0.3) is 0 Å². The Morgan fingerprint density at radius 2 is 1.95 bits per heavy atom. The number of aromatic nitrogens is 1. The second-order valence-electron chi connectivity index (χ2n) is 6.02. The number of nitrogens with zero attached hydrogens (tertiary/aromatic N) is 2. The highest BCUT2D eigenvalue weighted by Gasteiger charge is 2.16. The minimum absolute atomic E-state index is 0.0846. The lowest BCUT2D eigenvalue weighted by atomic mass is 9.86. The van der Waals surface area contributed by atoms with Gasteiger partial charge in [0.15, 0.2) is 0 Å². The van der Waals surface area contributed by atoms with Gasteiger partial charge in [0, 0.05) is 6.20 Å². The van der Waals surface area contributed by atoms with Crippen LogP contribution in [0.25, 0.3) is 0 Å². The molecule has 21 heavy (non-hydrogen) atoms. The van der Waals surface area contributed by atoms with Crippen molar-refractivity contribution in [2.75, 3.05) is 5.73 Å². The van der Waals surface area contributed by atoms with Gasteiger partial charge in [-0.2, -0.15) is 5.26 Å². The third kappa shape index (κ3) is 3.14. The quantitative estimate of drug-likeness (QED) is 0.905. The molecule has 0 unspecified atom stereocenters. The third-order valence-electron chi connectivity index (χ3n) is 3.32. The van der Waals surface area contributed by atoms with Crippen molar-refractivity contribution in [3.05, 3.63) is 47.2 Å². The van der Waals surface area contributed by atoms with E-state index in [2.05, 4.69) is 31.8 Å². The van der Waals surface area contributed by atoms with Gasteiger partial charge >= 0.3 is 0 Å². The summed E-state index contributed by atoms with van der Waals surface area (Å²) >= 11 is 0. The van der Waals surface area contributed by atoms with Gasteiger partial charge < -0.3 is 10.5 Å². The average molecular weight is 281 g/mol. The van der Waals surface area contributed by atoms with Gasteiger partial charge in [-0.05, 0) is 35.6 Å². The molecule has 2 rings (SSSR count). The average Bonchev–Trinajstić information content (AvgIpc) is 2.42. The van der Waals surface area contributed by atoms with E-state index in [9.17, 15) is 0 Å². The lowest BCUT2D eigenvalue weighted by Crippen LogP contribution is -2.11. The van der Waals surface area contributed by atoms with Crippen LogP contribution in [0.1, 0.15) is 37.5 Å². The van der Waals surface area contributed by atoms with E-state index in [1.165, 1.54) is 11.8 Å². The summed E-state index contributed by atoms with van der Waals surface area (Å²) < 4.78 is 5.76. The van der Waals surface area contributed by atoms with Crippen LogP contribution in [0, 0.1) is 18.3 Å². The monoisotopic (exact) mass is 281 g/mol. The van der Waals surface area contributed by atoms with Crippen LogP contribution in [0.2, 0.25) is 0 Å². The molecule has 1 aromatic heterocycles. The predicted octanol–water partition coefficient (Wildman–Crippen LogP) is 3.93. The molecule has 0 saturated carbocycles. The molecule has 0 atom stereocenters. The molecular formula is C17H19N3O. The van der Waals surface area contributed by atoms with Crippen LogP contribution >= 0.6 is 0 Å². The molecule has 0 fully saturated rings. The molecule has 1 heterocycles. The summed E-state index contributed by atoms with van der Waals surface area (Å²) in [6, 6.07) is 9.63. The summed E-state index contributed by atoms with van der Waals surface area (Å²) in [6.07, 6.45) is 1.52. The molecule has 2 aromatic rings. The molecule has 0 bridgehead atoms. The number of nitrogen functional groups attached to an aromatic ring is 1. The zero-order valence-electron chi connectivity index (χ0n) is 12.8. The Bertz CT molecular complexity index is 709. The van der Waals surface area contributed by atoms with E-state index in [1.807, 2.05) is 25.1 Å². The van der Waals surface area contributed by atoms with Gasteiger partial charge in [0.2, 0.25) is 5.88 Å². The number of rotatable bonds is 2. The fourth-order valence-corrected chi connectivity index (χ4v) is 1.97. The summed E-state index contributed by atoms with van der Waals surface area (Å²) in [4.78, 5) is 4.10. The van der Waals surface area contributed by atoms with Crippen molar-refractivity contribution in [1.29, 1.82) is 5.26 Å². The Labute approximate surface area is 125 Å². The molecule has 0 aliphatic heterocycles. The first kappa shape index (κ1) is 14.9. The largest absolute Gasteiger partial charge is 0.437 e. The van der Waals surface area contributed by atoms with Crippen molar-refractivity contribution in [1.82, 2.24) is 4.98 Å². The minimum Gasteiger partial charge on any atom is -0.437 e. The van der Waals surface area contributed by atoms with E-state index in [0.29, 0.717) is 11.3 Å². The summed E-state index contributed by atoms with van der Waals surface area (Å²) in [6.45, 7) is 8.48. The Balaban J connectivity index is 2.36. The molecule has 0 aliphatic carbocycles. The number of ether oxygens (including phenoxy) is 1. The first-order valence-electron chi connectivity index (χ1n) is 6.76. The van der Waals surface area contributed by atoms with Crippen molar-refractivity contribution in [3.63, 3.8) is 0 Å². The standard InChI is InChI=1S/C17H19N3O/c1-11-9-13(17(2,3)4)5-6-14(11)21-16-15(19)12(10-18)7-8-20-16/h5-9H,19H2,1-4H3. The first-order valence-corrected chi connectivity index (χ1v) is 6.76. The van der Waals surface area contributed by atoms with E-state index in [4.69, 9.17) is 15.7 Å². The van der Waals surface area contributed by atoms with E-state index in [-0.39, 0.29) is 17.0 Å². The van der Waals surface area contributed by atoms with Crippen molar-refractivity contribution >= 4 is 5.69 Å². The normalized spacial score (nSPS) is 11.0. The van der Waals surface area contributed by atoms with E-state index in [1.54, 1.807) is 6.07 Å². The topological polar surface area (TPSA) is 71.9 Å². The van der Waals surface area contributed by atoms with Crippen LogP contribution < -0.4 is 10.5 Å². The molecule has 0 radical (unpaired) electrons. The fraction of sp³-hybridized carbons (Fsp3) is 0.294. The third-order valence-corrected chi connectivity index (χ3v) is 3.32. The zero-order chi connectivity index (χ0) is 15.6. The minimum atomic E-state index is 0.0846. The maximum Gasteiger partial charge on any atom is 0.244 e. The number of nitrogens with two attached hydrogens (primary N) is 1. The van der Waals surface area contributed by atoms with Gasteiger partial charge in [-0.25, -0.2) is 4.98 Å². The van der Waals surface area contributed by atoms with Crippen molar-refractivity contribution in [3.8, 4) is 17.7 Å². The van der Waals surface area contributed by atoms with E-state index < -0.39 is 0 Å². The van der Waals surface area contributed by atoms with Crippen molar-refractivity contribution < 1.29 is 4.74 Å². The molecule has 0 spiro atoms. The lowest BCUT2D eigenvalue weighted by molar-refractivity contribution is 0.461. The number of hydrogen-bond donors (Lipinski definition) is 1. The van der Waals surface area contributed by atoms with E-state index >= 15 is 0 Å². The number of hydrogen-bond acceptors (Lipinski definition) is 4. The smallest absolute Gasteiger partial charge is 0.244 e. The summed E-state index contributed by atoms with van der Waals surface area (Å²) in [5, 5.41) is 8.98. The SMILES string of the molecule is Cc1cc(C(C)(C)C)ccc1Oc1nccc(C#N)c1N. The second-order valence-corrected chi connectivity index (χ2v) is 6.02. The maximum atomic E-state index is 8.98. The number of pyridine rings is 1. The van der Waals surface area contributed by atoms with Crippen molar-refractivity contribution in [2.45, 2.75) is 33.1 Å². The Morgan fingerprint density at radius 3 is 2.52 bits per heavy atom. The highest BCUT2D eigenvalue weighted by Crippen LogP contribution is 2.32. The molecule has 4 heteroatoms. The maximum absolute atomic E-state index is 8.98. The van der Waals surface area contributed by atoms with Crippen LogP contribution in [0.15, 0.2) is 30.5 Å². The lowest BCUT2D eigenvalue weighted by Gasteiger charge is -2.20. The van der Waals surface area contributed by atoms with Crippen molar-refractivity contribution in [2.24, 2.45) is 0 Å². The summed E-state index contributed by atoms with van der Waals surface area (Å²) in [5.41, 5.74) is 8.83.